The number of halogens is 2. The van der Waals surface area contributed by atoms with Crippen LogP contribution < -0.4 is 14.8 Å². The second-order valence-corrected chi connectivity index (χ2v) is 9.49. The number of nitrogens with zero attached hydrogens (tertiary/aromatic N) is 2. The molecule has 33 heavy (non-hydrogen) atoms. The minimum absolute atomic E-state index is 0.120. The normalized spacial score (nSPS) is 19.6. The van der Waals surface area contributed by atoms with Crippen LogP contribution in [0.15, 0.2) is 36.4 Å². The lowest BCUT2D eigenvalue weighted by Gasteiger charge is -2.42. The van der Waals surface area contributed by atoms with Crippen molar-refractivity contribution in [2.24, 2.45) is 5.92 Å². The zero-order chi connectivity index (χ0) is 24.1. The molecular weight excluding hydrogens is 461 g/mol. The minimum atomic E-state index is -0.331. The predicted molar refractivity (Wildman–Crippen MR) is 134 cm³/mol. The Morgan fingerprint density at radius 1 is 1.21 bits per heavy atom. The number of urea groups is 1. The van der Waals surface area contributed by atoms with Crippen molar-refractivity contribution in [2.45, 2.75) is 38.9 Å². The standard InChI is InChI=1S/C25H33Cl2N3O3/c1-16-14-29(3)12-11-21(16)30(15-18-7-6-8-19(13-18)32-4)25(31)28-17(2)20-9-10-22(33-5)24(27)23(20)26/h6-10,13,16-17,21H,11-12,14-15H2,1-5H3,(H,28,31)/t16?,17-,21?/m1/s1. The highest BCUT2D eigenvalue weighted by molar-refractivity contribution is 6.43. The van der Waals surface area contributed by atoms with Gasteiger partial charge in [0.2, 0.25) is 0 Å². The Bertz CT molecular complexity index is 972. The van der Waals surface area contributed by atoms with Gasteiger partial charge in [0.05, 0.1) is 25.3 Å². The molecule has 3 rings (SSSR count). The SMILES string of the molecule is COc1cccc(CN(C(=O)N[C@H](C)c2ccc(OC)c(Cl)c2Cl)C2CCN(C)CC2C)c1. The van der Waals surface area contributed by atoms with Crippen LogP contribution in [0.25, 0.3) is 0 Å². The molecule has 2 aromatic carbocycles. The van der Waals surface area contributed by atoms with Gasteiger partial charge in [-0.05, 0) is 62.2 Å². The van der Waals surface area contributed by atoms with Crippen molar-refractivity contribution in [3.63, 3.8) is 0 Å². The van der Waals surface area contributed by atoms with Gasteiger partial charge in [-0.1, -0.05) is 48.3 Å². The number of benzene rings is 2. The predicted octanol–water partition coefficient (Wildman–Crippen LogP) is 5.62. The molecule has 0 spiro atoms. The van der Waals surface area contributed by atoms with Crippen LogP contribution in [-0.2, 0) is 6.54 Å². The molecule has 1 N–H and O–H groups in total. The first-order valence-corrected chi connectivity index (χ1v) is 11.9. The number of amides is 2. The van der Waals surface area contributed by atoms with E-state index in [4.69, 9.17) is 32.7 Å². The number of hydrogen-bond donors (Lipinski definition) is 1. The van der Waals surface area contributed by atoms with Crippen molar-refractivity contribution in [1.82, 2.24) is 15.1 Å². The van der Waals surface area contributed by atoms with Crippen molar-refractivity contribution in [3.05, 3.63) is 57.6 Å². The van der Waals surface area contributed by atoms with Crippen LogP contribution >= 0.6 is 23.2 Å². The Labute approximate surface area is 206 Å². The second kappa shape index (κ2) is 11.3. The maximum Gasteiger partial charge on any atom is 0.318 e. The number of rotatable bonds is 7. The fourth-order valence-corrected chi connectivity index (χ4v) is 5.07. The Balaban J connectivity index is 1.84. The van der Waals surface area contributed by atoms with E-state index in [0.717, 1.165) is 36.4 Å². The van der Waals surface area contributed by atoms with Crippen molar-refractivity contribution in [1.29, 1.82) is 0 Å². The van der Waals surface area contributed by atoms with Gasteiger partial charge in [0, 0.05) is 19.1 Å². The number of ether oxygens (including phenoxy) is 2. The Kier molecular flexibility index (Phi) is 8.74. The average molecular weight is 494 g/mol. The summed E-state index contributed by atoms with van der Waals surface area (Å²) in [5.41, 5.74) is 1.77. The summed E-state index contributed by atoms with van der Waals surface area (Å²) >= 11 is 12.8. The maximum atomic E-state index is 13.6. The molecular formula is C25H33Cl2N3O3. The zero-order valence-corrected chi connectivity index (χ0v) is 21.4. The summed E-state index contributed by atoms with van der Waals surface area (Å²) in [7, 11) is 5.31. The quantitative estimate of drug-likeness (QED) is 0.543. The maximum absolute atomic E-state index is 13.6. The lowest BCUT2D eigenvalue weighted by molar-refractivity contribution is 0.0874. The van der Waals surface area contributed by atoms with E-state index in [1.165, 1.54) is 0 Å². The Morgan fingerprint density at radius 2 is 1.97 bits per heavy atom. The van der Waals surface area contributed by atoms with Crippen molar-refractivity contribution in [2.75, 3.05) is 34.4 Å². The second-order valence-electron chi connectivity index (χ2n) is 8.73. The summed E-state index contributed by atoms with van der Waals surface area (Å²) in [6.07, 6.45) is 0.915. The molecule has 0 aliphatic carbocycles. The van der Waals surface area contributed by atoms with Gasteiger partial charge in [0.15, 0.2) is 0 Å². The zero-order valence-electron chi connectivity index (χ0n) is 19.9. The van der Waals surface area contributed by atoms with Crippen molar-refractivity contribution in [3.8, 4) is 11.5 Å². The number of hydrogen-bond acceptors (Lipinski definition) is 4. The van der Waals surface area contributed by atoms with Gasteiger partial charge in [0.25, 0.3) is 0 Å². The first-order chi connectivity index (χ1) is 15.7. The Morgan fingerprint density at radius 3 is 2.64 bits per heavy atom. The third-order valence-electron chi connectivity index (χ3n) is 6.31. The molecule has 1 saturated heterocycles. The van der Waals surface area contributed by atoms with Gasteiger partial charge in [-0.15, -0.1) is 0 Å². The van der Waals surface area contributed by atoms with E-state index >= 15 is 0 Å². The smallest absolute Gasteiger partial charge is 0.318 e. The Hall–Kier alpha value is -2.15. The van der Waals surface area contributed by atoms with E-state index in [2.05, 4.69) is 24.2 Å². The summed E-state index contributed by atoms with van der Waals surface area (Å²) in [6, 6.07) is 11.1. The number of likely N-dealkylation sites (tertiary alicyclic amines) is 1. The third kappa shape index (κ3) is 6.05. The number of methoxy groups -OCH3 is 2. The van der Waals surface area contributed by atoms with Gasteiger partial charge in [-0.3, -0.25) is 0 Å². The van der Waals surface area contributed by atoms with Gasteiger partial charge in [0.1, 0.15) is 16.5 Å². The average Bonchev–Trinajstić information content (AvgIpc) is 2.79. The summed E-state index contributed by atoms with van der Waals surface area (Å²) in [5.74, 6) is 1.62. The van der Waals surface area contributed by atoms with Gasteiger partial charge in [-0.25, -0.2) is 4.79 Å². The number of nitrogens with one attached hydrogen (secondary N) is 1. The highest BCUT2D eigenvalue weighted by Crippen LogP contribution is 2.37. The highest BCUT2D eigenvalue weighted by Gasteiger charge is 2.33. The summed E-state index contributed by atoms with van der Waals surface area (Å²) in [6.45, 7) is 6.50. The van der Waals surface area contributed by atoms with Crippen molar-refractivity contribution >= 4 is 29.2 Å². The molecule has 0 aromatic heterocycles. The van der Waals surface area contributed by atoms with Crippen LogP contribution in [-0.4, -0.2) is 56.2 Å². The molecule has 8 heteroatoms. The molecule has 1 fully saturated rings. The first kappa shape index (κ1) is 25.5. The van der Waals surface area contributed by atoms with Crippen LogP contribution in [0.1, 0.15) is 37.4 Å². The molecule has 1 aliphatic rings. The first-order valence-electron chi connectivity index (χ1n) is 11.2. The highest BCUT2D eigenvalue weighted by atomic mass is 35.5. The molecule has 3 atom stereocenters. The van der Waals surface area contributed by atoms with Crippen LogP contribution in [0.4, 0.5) is 4.79 Å². The number of carbonyl (C=O) groups excluding carboxylic acids is 1. The van der Waals surface area contributed by atoms with E-state index in [9.17, 15) is 4.79 Å². The van der Waals surface area contributed by atoms with E-state index in [-0.39, 0.29) is 18.1 Å². The lowest BCUT2D eigenvalue weighted by Crippen LogP contribution is -2.53. The largest absolute Gasteiger partial charge is 0.497 e. The van der Waals surface area contributed by atoms with E-state index in [1.54, 1.807) is 20.3 Å². The van der Waals surface area contributed by atoms with Gasteiger partial charge >= 0.3 is 6.03 Å². The van der Waals surface area contributed by atoms with Crippen LogP contribution in [0, 0.1) is 5.92 Å². The van der Waals surface area contributed by atoms with Gasteiger partial charge < -0.3 is 24.6 Å². The van der Waals surface area contributed by atoms with E-state index < -0.39 is 0 Å². The minimum Gasteiger partial charge on any atom is -0.497 e. The molecule has 1 heterocycles. The van der Waals surface area contributed by atoms with Gasteiger partial charge in [-0.2, -0.15) is 0 Å². The third-order valence-corrected chi connectivity index (χ3v) is 7.19. The number of piperidine rings is 1. The molecule has 180 valence electrons. The lowest BCUT2D eigenvalue weighted by atomic mass is 9.92. The fourth-order valence-electron chi connectivity index (χ4n) is 4.50. The molecule has 1 aliphatic heterocycles. The summed E-state index contributed by atoms with van der Waals surface area (Å²) in [4.78, 5) is 17.9. The van der Waals surface area contributed by atoms with Crippen molar-refractivity contribution < 1.29 is 14.3 Å². The molecule has 2 amide bonds. The number of carbonyl (C=O) groups is 1. The molecule has 0 bridgehead atoms. The van der Waals surface area contributed by atoms with Crippen LogP contribution in [0.3, 0.4) is 0 Å². The fraction of sp³-hybridized carbons (Fsp3) is 0.480. The molecule has 2 aromatic rings. The molecule has 2 unspecified atom stereocenters. The van der Waals surface area contributed by atoms with E-state index in [1.807, 2.05) is 42.2 Å². The molecule has 6 nitrogen and oxygen atoms in total. The van der Waals surface area contributed by atoms with E-state index in [0.29, 0.717) is 28.3 Å². The monoisotopic (exact) mass is 493 g/mol. The summed E-state index contributed by atoms with van der Waals surface area (Å²) < 4.78 is 10.6. The topological polar surface area (TPSA) is 54.0 Å². The van der Waals surface area contributed by atoms with Crippen LogP contribution in [0.5, 0.6) is 11.5 Å². The summed E-state index contributed by atoms with van der Waals surface area (Å²) in [5, 5.41) is 3.87. The molecule has 0 radical (unpaired) electrons. The van der Waals surface area contributed by atoms with Crippen LogP contribution in [0.2, 0.25) is 10.0 Å². The molecule has 0 saturated carbocycles.